The van der Waals surface area contributed by atoms with Crippen molar-refractivity contribution in [3.05, 3.63) is 69.8 Å². The number of rotatable bonds is 19. The molecule has 0 radical (unpaired) electrons. The van der Waals surface area contributed by atoms with Crippen LogP contribution in [0.25, 0.3) is 0 Å². The van der Waals surface area contributed by atoms with Crippen molar-refractivity contribution < 1.29 is 42.9 Å². The highest BCUT2D eigenvalue weighted by atomic mass is 16.7. The topological polar surface area (TPSA) is 125 Å². The minimum absolute atomic E-state index is 0.00107. The van der Waals surface area contributed by atoms with Gasteiger partial charge in [-0.15, -0.1) is 6.42 Å². The van der Waals surface area contributed by atoms with Gasteiger partial charge in [-0.2, -0.15) is 0 Å². The first-order valence-electron chi connectivity index (χ1n) is 11.6. The second-order valence-corrected chi connectivity index (χ2v) is 7.30. The zero-order valence-corrected chi connectivity index (χ0v) is 20.5. The van der Waals surface area contributed by atoms with Gasteiger partial charge < -0.3 is 33.2 Å². The Balaban J connectivity index is 1.31. The van der Waals surface area contributed by atoms with Crippen molar-refractivity contribution in [1.29, 1.82) is 0 Å². The van der Waals surface area contributed by atoms with Crippen molar-refractivity contribution in [2.45, 2.75) is 6.61 Å². The van der Waals surface area contributed by atoms with Gasteiger partial charge in [0.25, 0.3) is 5.69 Å². The van der Waals surface area contributed by atoms with Crippen molar-refractivity contribution in [1.82, 2.24) is 0 Å². The number of nitro groups is 1. The van der Waals surface area contributed by atoms with Gasteiger partial charge in [-0.25, -0.2) is 4.79 Å². The molecule has 0 bridgehead atoms. The molecule has 0 aromatic heterocycles. The maximum absolute atomic E-state index is 11.6. The van der Waals surface area contributed by atoms with Crippen molar-refractivity contribution in [2.75, 3.05) is 66.1 Å². The Morgan fingerprint density at radius 3 is 1.86 bits per heavy atom. The number of nitrogens with zero attached hydrogens (tertiary/aromatic N) is 1. The summed E-state index contributed by atoms with van der Waals surface area (Å²) >= 11 is 0. The van der Waals surface area contributed by atoms with E-state index in [1.807, 2.05) is 24.3 Å². The fraction of sp³-hybridized carbons (Fsp3) is 0.423. The number of carbonyl (C=O) groups is 1. The predicted octanol–water partition coefficient (Wildman–Crippen LogP) is 3.37. The van der Waals surface area contributed by atoms with E-state index in [0.29, 0.717) is 59.5 Å². The summed E-state index contributed by atoms with van der Waals surface area (Å²) in [6.07, 6.45) is 4.46. The zero-order valence-electron chi connectivity index (χ0n) is 20.5. The predicted molar refractivity (Wildman–Crippen MR) is 132 cm³/mol. The van der Waals surface area contributed by atoms with Gasteiger partial charge in [0, 0.05) is 17.7 Å². The molecule has 0 atom stereocenters. The first-order valence-corrected chi connectivity index (χ1v) is 11.6. The Morgan fingerprint density at radius 1 is 0.784 bits per heavy atom. The number of nitro benzene ring substituents is 1. The van der Waals surface area contributed by atoms with Gasteiger partial charge in [-0.05, 0) is 29.8 Å². The van der Waals surface area contributed by atoms with E-state index in [1.54, 1.807) is 0 Å². The molecule has 11 heteroatoms. The molecule has 2 aromatic carbocycles. The van der Waals surface area contributed by atoms with Gasteiger partial charge in [0.2, 0.25) is 0 Å². The Bertz CT molecular complexity index is 974. The summed E-state index contributed by atoms with van der Waals surface area (Å²) in [5, 5.41) is 10.6. The molecule has 0 fully saturated rings. The van der Waals surface area contributed by atoms with Crippen molar-refractivity contribution in [3.63, 3.8) is 0 Å². The number of non-ortho nitro benzene ring substituents is 1. The van der Waals surface area contributed by atoms with E-state index in [0.717, 1.165) is 11.1 Å². The second kappa shape index (κ2) is 18.7. The van der Waals surface area contributed by atoms with Crippen molar-refractivity contribution in [2.24, 2.45) is 0 Å². The monoisotopic (exact) mass is 517 g/mol. The molecule has 200 valence electrons. The molecule has 0 saturated heterocycles. The first kappa shape index (κ1) is 29.7. The van der Waals surface area contributed by atoms with Crippen molar-refractivity contribution in [3.8, 4) is 18.1 Å². The van der Waals surface area contributed by atoms with Crippen LogP contribution in [0.1, 0.15) is 11.1 Å². The van der Waals surface area contributed by atoms with Gasteiger partial charge in [-0.3, -0.25) is 10.1 Å². The first-order chi connectivity index (χ1) is 18.1. The summed E-state index contributed by atoms with van der Waals surface area (Å²) < 4.78 is 36.9. The molecule has 0 aliphatic heterocycles. The van der Waals surface area contributed by atoms with Gasteiger partial charge in [-0.1, -0.05) is 18.1 Å². The van der Waals surface area contributed by atoms with Crippen LogP contribution in [0.3, 0.4) is 0 Å². The minimum atomic E-state index is -0.922. The molecule has 11 nitrogen and oxygen atoms in total. The lowest BCUT2D eigenvalue weighted by Crippen LogP contribution is -2.16. The summed E-state index contributed by atoms with van der Waals surface area (Å²) in [5.74, 6) is 2.74. The summed E-state index contributed by atoms with van der Waals surface area (Å²) in [6, 6.07) is 12.7. The SMILES string of the molecule is C#Cc1cccc(COCCOCCOCCOCCOCCOC(=O)Oc2ccc([N+](=O)[O-])cc2)c1. The highest BCUT2D eigenvalue weighted by molar-refractivity contribution is 5.63. The fourth-order valence-corrected chi connectivity index (χ4v) is 2.77. The average molecular weight is 518 g/mol. The smallest absolute Gasteiger partial charge is 0.432 e. The number of carbonyl (C=O) groups excluding carboxylic acids is 1. The Kier molecular flexibility index (Phi) is 15.0. The Labute approximate surface area is 215 Å². The highest BCUT2D eigenvalue weighted by Crippen LogP contribution is 2.17. The van der Waals surface area contributed by atoms with Crippen LogP contribution in [0.5, 0.6) is 5.75 Å². The largest absolute Gasteiger partial charge is 0.513 e. The molecule has 0 amide bonds. The van der Waals surface area contributed by atoms with E-state index >= 15 is 0 Å². The van der Waals surface area contributed by atoms with Crippen LogP contribution in [0.2, 0.25) is 0 Å². The maximum atomic E-state index is 11.6. The molecular weight excluding hydrogens is 486 g/mol. The summed E-state index contributed by atoms with van der Waals surface area (Å²) in [7, 11) is 0. The molecule has 2 aromatic rings. The van der Waals surface area contributed by atoms with E-state index in [9.17, 15) is 14.9 Å². The molecule has 0 N–H and O–H groups in total. The molecule has 0 unspecified atom stereocenters. The molecular formula is C26H31NO10. The third-order valence-corrected chi connectivity index (χ3v) is 4.55. The normalized spacial score (nSPS) is 10.6. The number of terminal acetylenes is 1. The van der Waals surface area contributed by atoms with Crippen LogP contribution < -0.4 is 4.74 Å². The van der Waals surface area contributed by atoms with Crippen molar-refractivity contribution >= 4 is 11.8 Å². The lowest BCUT2D eigenvalue weighted by Gasteiger charge is -2.08. The molecule has 0 saturated carbocycles. The standard InChI is InChI=1S/C26H31NO10/c1-2-22-4-3-5-23(20-22)21-35-17-16-33-13-12-31-10-11-32-14-15-34-18-19-36-26(28)37-25-8-6-24(7-9-25)27(29)30/h1,3-9,20H,10-19,21H2. The van der Waals surface area contributed by atoms with E-state index in [1.165, 1.54) is 24.3 Å². The molecule has 0 spiro atoms. The highest BCUT2D eigenvalue weighted by Gasteiger charge is 2.09. The Morgan fingerprint density at radius 2 is 1.32 bits per heavy atom. The maximum Gasteiger partial charge on any atom is 0.513 e. The van der Waals surface area contributed by atoms with Crippen LogP contribution in [0.4, 0.5) is 10.5 Å². The summed E-state index contributed by atoms with van der Waals surface area (Å²) in [6.45, 7) is 4.09. The second-order valence-electron chi connectivity index (χ2n) is 7.30. The minimum Gasteiger partial charge on any atom is -0.432 e. The van der Waals surface area contributed by atoms with E-state index < -0.39 is 11.1 Å². The third kappa shape index (κ3) is 14.0. The molecule has 2 rings (SSSR count). The van der Waals surface area contributed by atoms with E-state index in [2.05, 4.69) is 5.92 Å². The number of hydrogen-bond donors (Lipinski definition) is 0. The van der Waals surface area contributed by atoms with Gasteiger partial charge in [0.05, 0.1) is 71.0 Å². The van der Waals surface area contributed by atoms with Crippen LogP contribution in [-0.2, 0) is 35.0 Å². The van der Waals surface area contributed by atoms with Crippen LogP contribution in [0, 0.1) is 22.5 Å². The van der Waals surface area contributed by atoms with Gasteiger partial charge in [0.15, 0.2) is 0 Å². The van der Waals surface area contributed by atoms with Crippen LogP contribution in [0.15, 0.2) is 48.5 Å². The molecule has 0 aliphatic rings. The number of ether oxygens (including phenoxy) is 7. The van der Waals surface area contributed by atoms with Crippen LogP contribution >= 0.6 is 0 Å². The lowest BCUT2D eigenvalue weighted by atomic mass is 10.1. The molecule has 0 heterocycles. The van der Waals surface area contributed by atoms with E-state index in [-0.39, 0.29) is 24.7 Å². The number of hydrogen-bond acceptors (Lipinski definition) is 10. The fourth-order valence-electron chi connectivity index (χ4n) is 2.77. The lowest BCUT2D eigenvalue weighted by molar-refractivity contribution is -0.384. The van der Waals surface area contributed by atoms with Gasteiger partial charge in [0.1, 0.15) is 12.4 Å². The quantitative estimate of drug-likeness (QED) is 0.0684. The summed E-state index contributed by atoms with van der Waals surface area (Å²) in [5.41, 5.74) is 1.76. The molecule has 0 aliphatic carbocycles. The average Bonchev–Trinajstić information content (AvgIpc) is 2.90. The van der Waals surface area contributed by atoms with E-state index in [4.69, 9.17) is 39.6 Å². The van der Waals surface area contributed by atoms with Gasteiger partial charge >= 0.3 is 6.16 Å². The Hall–Kier alpha value is -3.53. The molecule has 37 heavy (non-hydrogen) atoms. The third-order valence-electron chi connectivity index (χ3n) is 4.55. The van der Waals surface area contributed by atoms with Crippen LogP contribution in [-0.4, -0.2) is 77.1 Å². The number of benzene rings is 2. The zero-order chi connectivity index (χ0) is 26.6. The summed E-state index contributed by atoms with van der Waals surface area (Å²) in [4.78, 5) is 21.6.